The van der Waals surface area contributed by atoms with Gasteiger partial charge in [0.25, 0.3) is 0 Å². The lowest BCUT2D eigenvalue weighted by Gasteiger charge is -2.30. The molecule has 2 aromatic rings. The van der Waals surface area contributed by atoms with Crippen LogP contribution in [0.25, 0.3) is 0 Å². The summed E-state index contributed by atoms with van der Waals surface area (Å²) in [7, 11) is 0. The second kappa shape index (κ2) is 6.90. The van der Waals surface area contributed by atoms with E-state index in [1.807, 2.05) is 0 Å². The topological polar surface area (TPSA) is 78.5 Å². The number of hydrogen-bond donors (Lipinski definition) is 2. The lowest BCUT2D eigenvalue weighted by molar-refractivity contribution is -0.130. The standard InChI is InChI=1S/C17H13ClFN3O3/c18-10-1-5-12(6-2-10)21-15(23)14-9-20-17(25)22(16(14)24)13-7-3-11(19)4-8-13/h1-8,14H,9H2,(H,20,25)(H,21,23). The van der Waals surface area contributed by atoms with Gasteiger partial charge in [0.1, 0.15) is 11.7 Å². The van der Waals surface area contributed by atoms with Gasteiger partial charge in [0.2, 0.25) is 11.8 Å². The van der Waals surface area contributed by atoms with Crippen molar-refractivity contribution in [1.82, 2.24) is 5.32 Å². The third kappa shape index (κ3) is 3.61. The largest absolute Gasteiger partial charge is 0.336 e. The van der Waals surface area contributed by atoms with Crippen molar-refractivity contribution >= 4 is 40.8 Å². The molecular weight excluding hydrogens is 349 g/mol. The van der Waals surface area contributed by atoms with E-state index in [4.69, 9.17) is 11.6 Å². The molecule has 2 aromatic carbocycles. The maximum atomic E-state index is 13.0. The summed E-state index contributed by atoms with van der Waals surface area (Å²) >= 11 is 5.79. The lowest BCUT2D eigenvalue weighted by Crippen LogP contribution is -2.58. The SMILES string of the molecule is O=C(Nc1ccc(Cl)cc1)C1CNC(=O)N(c2ccc(F)cc2)C1=O. The fraction of sp³-hybridized carbons (Fsp3) is 0.118. The molecule has 1 saturated heterocycles. The van der Waals surface area contributed by atoms with Crippen LogP contribution < -0.4 is 15.5 Å². The Labute approximate surface area is 147 Å². The highest BCUT2D eigenvalue weighted by molar-refractivity contribution is 6.30. The van der Waals surface area contributed by atoms with E-state index in [2.05, 4.69) is 10.6 Å². The van der Waals surface area contributed by atoms with Crippen LogP contribution in [0.3, 0.4) is 0 Å². The number of urea groups is 1. The van der Waals surface area contributed by atoms with Gasteiger partial charge in [-0.3, -0.25) is 9.59 Å². The van der Waals surface area contributed by atoms with Crippen LogP contribution in [0, 0.1) is 11.7 Å². The number of carbonyl (C=O) groups is 3. The molecule has 1 atom stereocenters. The molecule has 6 nitrogen and oxygen atoms in total. The molecule has 0 aliphatic carbocycles. The van der Waals surface area contributed by atoms with Crippen LogP contribution in [0.1, 0.15) is 0 Å². The highest BCUT2D eigenvalue weighted by Crippen LogP contribution is 2.22. The van der Waals surface area contributed by atoms with Gasteiger partial charge in [-0.15, -0.1) is 0 Å². The van der Waals surface area contributed by atoms with Crippen LogP contribution in [-0.4, -0.2) is 24.4 Å². The second-order valence-electron chi connectivity index (χ2n) is 5.38. The normalized spacial score (nSPS) is 17.2. The molecule has 1 aliphatic heterocycles. The molecule has 0 saturated carbocycles. The van der Waals surface area contributed by atoms with Crippen LogP contribution >= 0.6 is 11.6 Å². The highest BCUT2D eigenvalue weighted by atomic mass is 35.5. The van der Waals surface area contributed by atoms with Crippen LogP contribution in [0.4, 0.5) is 20.6 Å². The maximum absolute atomic E-state index is 13.0. The van der Waals surface area contributed by atoms with E-state index < -0.39 is 29.6 Å². The Morgan fingerprint density at radius 3 is 2.40 bits per heavy atom. The Kier molecular flexibility index (Phi) is 4.67. The Bertz CT molecular complexity index is 824. The molecule has 0 aromatic heterocycles. The molecule has 128 valence electrons. The van der Waals surface area contributed by atoms with Crippen molar-refractivity contribution in [1.29, 1.82) is 0 Å². The lowest BCUT2D eigenvalue weighted by atomic mass is 10.0. The number of nitrogens with one attached hydrogen (secondary N) is 2. The molecule has 3 rings (SSSR count). The number of anilines is 2. The van der Waals surface area contributed by atoms with Crippen molar-refractivity contribution in [3.63, 3.8) is 0 Å². The van der Waals surface area contributed by atoms with E-state index in [-0.39, 0.29) is 12.2 Å². The maximum Gasteiger partial charge on any atom is 0.328 e. The van der Waals surface area contributed by atoms with Crippen molar-refractivity contribution in [3.05, 3.63) is 59.4 Å². The Morgan fingerprint density at radius 2 is 1.76 bits per heavy atom. The van der Waals surface area contributed by atoms with Crippen LogP contribution in [-0.2, 0) is 9.59 Å². The molecule has 1 fully saturated rings. The van der Waals surface area contributed by atoms with Gasteiger partial charge in [0.05, 0.1) is 5.69 Å². The first-order chi connectivity index (χ1) is 12.0. The minimum absolute atomic E-state index is 0.116. The van der Waals surface area contributed by atoms with Gasteiger partial charge in [0, 0.05) is 17.3 Å². The Balaban J connectivity index is 1.79. The van der Waals surface area contributed by atoms with Gasteiger partial charge in [-0.05, 0) is 48.5 Å². The molecule has 0 bridgehead atoms. The zero-order valence-corrected chi connectivity index (χ0v) is 13.6. The number of amides is 4. The number of rotatable bonds is 3. The number of nitrogens with zero attached hydrogens (tertiary/aromatic N) is 1. The predicted octanol–water partition coefficient (Wildman–Crippen LogP) is 2.79. The third-order valence-electron chi connectivity index (χ3n) is 3.69. The zero-order chi connectivity index (χ0) is 18.0. The van der Waals surface area contributed by atoms with Gasteiger partial charge in [-0.25, -0.2) is 14.1 Å². The summed E-state index contributed by atoms with van der Waals surface area (Å²) in [5.74, 6) is -2.83. The van der Waals surface area contributed by atoms with Crippen LogP contribution in [0.5, 0.6) is 0 Å². The molecule has 0 radical (unpaired) electrons. The van der Waals surface area contributed by atoms with Gasteiger partial charge in [-0.2, -0.15) is 0 Å². The summed E-state index contributed by atoms with van der Waals surface area (Å²) in [5, 5.41) is 5.62. The average molecular weight is 362 g/mol. The molecule has 1 heterocycles. The van der Waals surface area contributed by atoms with Crippen LogP contribution in [0.2, 0.25) is 5.02 Å². The molecule has 4 amide bonds. The quantitative estimate of drug-likeness (QED) is 0.825. The molecule has 2 N–H and O–H groups in total. The predicted molar refractivity (Wildman–Crippen MR) is 90.9 cm³/mol. The van der Waals surface area contributed by atoms with Gasteiger partial charge in [0.15, 0.2) is 0 Å². The van der Waals surface area contributed by atoms with Gasteiger partial charge >= 0.3 is 6.03 Å². The molecular formula is C17H13ClFN3O3. The summed E-state index contributed by atoms with van der Waals surface area (Å²) in [4.78, 5) is 37.8. The van der Waals surface area contributed by atoms with Gasteiger partial charge < -0.3 is 10.6 Å². The molecule has 25 heavy (non-hydrogen) atoms. The highest BCUT2D eigenvalue weighted by Gasteiger charge is 2.39. The molecule has 8 heteroatoms. The number of halogens is 2. The molecule has 1 aliphatic rings. The second-order valence-corrected chi connectivity index (χ2v) is 5.82. The van der Waals surface area contributed by atoms with Crippen molar-refractivity contribution in [2.45, 2.75) is 0 Å². The third-order valence-corrected chi connectivity index (χ3v) is 3.94. The zero-order valence-electron chi connectivity index (χ0n) is 12.8. The van der Waals surface area contributed by atoms with Gasteiger partial charge in [-0.1, -0.05) is 11.6 Å². The first kappa shape index (κ1) is 16.9. The fourth-order valence-electron chi connectivity index (χ4n) is 2.41. The minimum atomic E-state index is -1.10. The fourth-order valence-corrected chi connectivity index (χ4v) is 2.54. The Morgan fingerprint density at radius 1 is 1.12 bits per heavy atom. The first-order valence-corrected chi connectivity index (χ1v) is 7.77. The van der Waals surface area contributed by atoms with Crippen molar-refractivity contribution in [3.8, 4) is 0 Å². The number of imide groups is 1. The van der Waals surface area contributed by atoms with Crippen molar-refractivity contribution < 1.29 is 18.8 Å². The monoisotopic (exact) mass is 361 g/mol. The van der Waals surface area contributed by atoms with E-state index in [0.29, 0.717) is 10.7 Å². The summed E-state index contributed by atoms with van der Waals surface area (Å²) in [6.07, 6.45) is 0. The first-order valence-electron chi connectivity index (χ1n) is 7.39. The van der Waals surface area contributed by atoms with E-state index in [1.165, 1.54) is 12.1 Å². The summed E-state index contributed by atoms with van der Waals surface area (Å²) in [5.41, 5.74) is 0.667. The van der Waals surface area contributed by atoms with E-state index in [9.17, 15) is 18.8 Å². The van der Waals surface area contributed by atoms with Crippen LogP contribution in [0.15, 0.2) is 48.5 Å². The minimum Gasteiger partial charge on any atom is -0.336 e. The Hall–Kier alpha value is -2.93. The number of carbonyl (C=O) groups excluding carboxylic acids is 3. The van der Waals surface area contributed by atoms with Crippen molar-refractivity contribution in [2.24, 2.45) is 5.92 Å². The average Bonchev–Trinajstić information content (AvgIpc) is 2.58. The van der Waals surface area contributed by atoms with E-state index >= 15 is 0 Å². The molecule has 1 unspecified atom stereocenters. The van der Waals surface area contributed by atoms with Crippen molar-refractivity contribution in [2.75, 3.05) is 16.8 Å². The van der Waals surface area contributed by atoms with E-state index in [1.54, 1.807) is 24.3 Å². The summed E-state index contributed by atoms with van der Waals surface area (Å²) in [6, 6.07) is 10.6. The van der Waals surface area contributed by atoms with E-state index in [0.717, 1.165) is 17.0 Å². The summed E-state index contributed by atoms with van der Waals surface area (Å²) < 4.78 is 13.0. The number of benzene rings is 2. The molecule has 0 spiro atoms. The summed E-state index contributed by atoms with van der Waals surface area (Å²) in [6.45, 7) is -0.116. The number of hydrogen-bond acceptors (Lipinski definition) is 3. The smallest absolute Gasteiger partial charge is 0.328 e.